The highest BCUT2D eigenvalue weighted by Gasteiger charge is 2.40. The topological polar surface area (TPSA) is 50.4 Å². The van der Waals surface area contributed by atoms with Crippen LogP contribution in [0.1, 0.15) is 30.7 Å². The number of rotatable bonds is 5. The SMILES string of the molecule is COCC1(C(=O)NC(C)c2cccs2)CCNCC1. The van der Waals surface area contributed by atoms with Crippen molar-refractivity contribution < 1.29 is 9.53 Å². The zero-order chi connectivity index (χ0) is 13.7. The zero-order valence-electron chi connectivity index (χ0n) is 11.6. The van der Waals surface area contributed by atoms with Gasteiger partial charge in [0, 0.05) is 12.0 Å². The first-order valence-electron chi connectivity index (χ1n) is 6.72. The Bertz CT molecular complexity index is 394. The molecule has 1 aromatic rings. The Morgan fingerprint density at radius 1 is 1.58 bits per heavy atom. The van der Waals surface area contributed by atoms with E-state index in [4.69, 9.17) is 4.74 Å². The lowest BCUT2D eigenvalue weighted by Crippen LogP contribution is -2.50. The van der Waals surface area contributed by atoms with E-state index in [2.05, 4.69) is 16.7 Å². The Balaban J connectivity index is 2.03. The van der Waals surface area contributed by atoms with Crippen molar-refractivity contribution in [2.24, 2.45) is 5.41 Å². The third-order valence-corrected chi connectivity index (χ3v) is 4.84. The molecular weight excluding hydrogens is 260 g/mol. The zero-order valence-corrected chi connectivity index (χ0v) is 12.4. The van der Waals surface area contributed by atoms with Gasteiger partial charge in [-0.1, -0.05) is 6.07 Å². The average Bonchev–Trinajstić information content (AvgIpc) is 2.94. The molecule has 0 saturated carbocycles. The molecule has 1 aliphatic heterocycles. The molecule has 0 radical (unpaired) electrons. The minimum absolute atomic E-state index is 0.0658. The molecule has 2 N–H and O–H groups in total. The van der Waals surface area contributed by atoms with Gasteiger partial charge in [-0.25, -0.2) is 0 Å². The van der Waals surface area contributed by atoms with Gasteiger partial charge < -0.3 is 15.4 Å². The van der Waals surface area contributed by atoms with Crippen molar-refractivity contribution in [3.8, 4) is 0 Å². The van der Waals surface area contributed by atoms with Crippen molar-refractivity contribution >= 4 is 17.2 Å². The van der Waals surface area contributed by atoms with Crippen LogP contribution in [-0.4, -0.2) is 32.7 Å². The van der Waals surface area contributed by atoms with Crippen LogP contribution in [-0.2, 0) is 9.53 Å². The summed E-state index contributed by atoms with van der Waals surface area (Å²) >= 11 is 1.67. The fraction of sp³-hybridized carbons (Fsp3) is 0.643. The predicted octanol–water partition coefficient (Wildman–Crippen LogP) is 1.94. The number of nitrogens with one attached hydrogen (secondary N) is 2. The quantitative estimate of drug-likeness (QED) is 0.868. The molecular formula is C14H22N2O2S. The summed E-state index contributed by atoms with van der Waals surface area (Å²) in [5.41, 5.74) is -0.370. The van der Waals surface area contributed by atoms with E-state index >= 15 is 0 Å². The second kappa shape index (κ2) is 6.50. The molecule has 0 aromatic carbocycles. The number of hydrogen-bond donors (Lipinski definition) is 2. The highest BCUT2D eigenvalue weighted by atomic mass is 32.1. The van der Waals surface area contributed by atoms with E-state index in [1.807, 2.05) is 18.4 Å². The summed E-state index contributed by atoms with van der Waals surface area (Å²) in [5.74, 6) is 0.122. The Hall–Kier alpha value is -0.910. The minimum Gasteiger partial charge on any atom is -0.384 e. The molecule has 106 valence electrons. The fourth-order valence-electron chi connectivity index (χ4n) is 2.58. The van der Waals surface area contributed by atoms with Crippen molar-refractivity contribution in [2.75, 3.05) is 26.8 Å². The van der Waals surface area contributed by atoms with E-state index in [0.29, 0.717) is 6.61 Å². The lowest BCUT2D eigenvalue weighted by molar-refractivity contribution is -0.136. The minimum atomic E-state index is -0.370. The maximum absolute atomic E-state index is 12.6. The Morgan fingerprint density at radius 3 is 2.89 bits per heavy atom. The fourth-order valence-corrected chi connectivity index (χ4v) is 3.31. The van der Waals surface area contributed by atoms with Crippen molar-refractivity contribution in [3.63, 3.8) is 0 Å². The van der Waals surface area contributed by atoms with E-state index in [1.54, 1.807) is 18.4 Å². The normalized spacial score (nSPS) is 19.9. The lowest BCUT2D eigenvalue weighted by Gasteiger charge is -2.36. The van der Waals surface area contributed by atoms with E-state index in [-0.39, 0.29) is 17.4 Å². The molecule has 0 aliphatic carbocycles. The smallest absolute Gasteiger partial charge is 0.229 e. The van der Waals surface area contributed by atoms with Crippen molar-refractivity contribution in [1.29, 1.82) is 0 Å². The maximum Gasteiger partial charge on any atom is 0.229 e. The molecule has 2 rings (SSSR count). The molecule has 1 amide bonds. The van der Waals surface area contributed by atoms with Crippen LogP contribution in [0.15, 0.2) is 17.5 Å². The van der Waals surface area contributed by atoms with Crippen LogP contribution in [0.2, 0.25) is 0 Å². The van der Waals surface area contributed by atoms with Crippen molar-refractivity contribution in [3.05, 3.63) is 22.4 Å². The largest absolute Gasteiger partial charge is 0.384 e. The van der Waals surface area contributed by atoms with Crippen LogP contribution >= 0.6 is 11.3 Å². The number of amides is 1. The van der Waals surface area contributed by atoms with Gasteiger partial charge >= 0.3 is 0 Å². The number of carbonyl (C=O) groups excluding carboxylic acids is 1. The number of methoxy groups -OCH3 is 1. The van der Waals surface area contributed by atoms with Crippen molar-refractivity contribution in [1.82, 2.24) is 10.6 Å². The number of ether oxygens (including phenoxy) is 1. The molecule has 2 heterocycles. The third kappa shape index (κ3) is 3.35. The summed E-state index contributed by atoms with van der Waals surface area (Å²) in [6, 6.07) is 4.13. The Labute approximate surface area is 118 Å². The van der Waals surface area contributed by atoms with Crippen molar-refractivity contribution in [2.45, 2.75) is 25.8 Å². The number of thiophene rings is 1. The van der Waals surface area contributed by atoms with Crippen LogP contribution < -0.4 is 10.6 Å². The van der Waals surface area contributed by atoms with E-state index in [1.165, 1.54) is 4.88 Å². The second-order valence-corrected chi connectivity index (χ2v) is 6.15. The highest BCUT2D eigenvalue weighted by molar-refractivity contribution is 7.10. The van der Waals surface area contributed by atoms with Gasteiger partial charge in [0.2, 0.25) is 5.91 Å². The Kier molecular flexibility index (Phi) is 4.96. The average molecular weight is 282 g/mol. The summed E-state index contributed by atoms with van der Waals surface area (Å²) in [5, 5.41) is 8.48. The van der Waals surface area contributed by atoms with Crippen LogP contribution in [0.4, 0.5) is 0 Å². The Morgan fingerprint density at radius 2 is 2.32 bits per heavy atom. The molecule has 19 heavy (non-hydrogen) atoms. The summed E-state index contributed by atoms with van der Waals surface area (Å²) in [6.45, 7) is 4.29. The van der Waals surface area contributed by atoms with E-state index < -0.39 is 0 Å². The monoisotopic (exact) mass is 282 g/mol. The molecule has 1 aromatic heterocycles. The summed E-state index contributed by atoms with van der Waals surface area (Å²) < 4.78 is 5.29. The van der Waals surface area contributed by atoms with E-state index in [9.17, 15) is 4.79 Å². The summed E-state index contributed by atoms with van der Waals surface area (Å²) in [6.07, 6.45) is 1.67. The molecule has 0 spiro atoms. The number of carbonyl (C=O) groups is 1. The third-order valence-electron chi connectivity index (χ3n) is 3.78. The van der Waals surface area contributed by atoms with Gasteiger partial charge in [-0.3, -0.25) is 4.79 Å². The standard InChI is InChI=1S/C14H22N2O2S/c1-11(12-4-3-9-19-12)16-13(17)14(10-18-2)5-7-15-8-6-14/h3-4,9,11,15H,5-8,10H2,1-2H3,(H,16,17). The summed E-state index contributed by atoms with van der Waals surface area (Å²) in [4.78, 5) is 13.8. The maximum atomic E-state index is 12.6. The molecule has 1 fully saturated rings. The molecule has 0 bridgehead atoms. The van der Waals surface area contributed by atoms with Crippen LogP contribution in [0.5, 0.6) is 0 Å². The van der Waals surface area contributed by atoms with E-state index in [0.717, 1.165) is 25.9 Å². The van der Waals surface area contributed by atoms with Crippen LogP contribution in [0.3, 0.4) is 0 Å². The van der Waals surface area contributed by atoms with Gasteiger partial charge in [-0.2, -0.15) is 0 Å². The summed E-state index contributed by atoms with van der Waals surface area (Å²) in [7, 11) is 1.67. The van der Waals surface area contributed by atoms with Gasteiger partial charge in [-0.05, 0) is 44.3 Å². The molecule has 1 aliphatic rings. The van der Waals surface area contributed by atoms with Gasteiger partial charge in [0.25, 0.3) is 0 Å². The first-order valence-corrected chi connectivity index (χ1v) is 7.60. The molecule has 1 saturated heterocycles. The van der Waals surface area contributed by atoms with Gasteiger partial charge in [-0.15, -0.1) is 11.3 Å². The van der Waals surface area contributed by atoms with Gasteiger partial charge in [0.1, 0.15) is 0 Å². The number of hydrogen-bond acceptors (Lipinski definition) is 4. The number of piperidine rings is 1. The highest BCUT2D eigenvalue weighted by Crippen LogP contribution is 2.31. The molecule has 1 atom stereocenters. The molecule has 1 unspecified atom stereocenters. The van der Waals surface area contributed by atoms with Crippen LogP contribution in [0.25, 0.3) is 0 Å². The van der Waals surface area contributed by atoms with Gasteiger partial charge in [0.15, 0.2) is 0 Å². The first kappa shape index (κ1) is 14.5. The molecule has 4 nitrogen and oxygen atoms in total. The van der Waals surface area contributed by atoms with Crippen LogP contribution in [0, 0.1) is 5.41 Å². The molecule has 5 heteroatoms. The second-order valence-electron chi connectivity index (χ2n) is 5.17. The predicted molar refractivity (Wildman–Crippen MR) is 77.3 cm³/mol. The first-order chi connectivity index (χ1) is 9.18. The van der Waals surface area contributed by atoms with Gasteiger partial charge in [0.05, 0.1) is 18.1 Å². The lowest BCUT2D eigenvalue weighted by atomic mass is 9.78.